The number of carboxylic acids is 1. The largest absolute Gasteiger partial charge is 0.478 e. The van der Waals surface area contributed by atoms with Crippen LogP contribution in [0.3, 0.4) is 0 Å². The first-order valence-electron chi connectivity index (χ1n) is 4.29. The molecule has 0 amide bonds. The molecule has 0 radical (unpaired) electrons. The predicted molar refractivity (Wildman–Crippen MR) is 50.8 cm³/mol. The molecule has 1 aromatic rings. The molecule has 0 aliphatic heterocycles. The minimum absolute atomic E-state index is 0.246. The first-order chi connectivity index (χ1) is 6.74. The van der Waals surface area contributed by atoms with E-state index in [-0.39, 0.29) is 6.61 Å². The summed E-state index contributed by atoms with van der Waals surface area (Å²) < 4.78 is 10.2. The van der Waals surface area contributed by atoms with E-state index in [2.05, 4.69) is 0 Å². The van der Waals surface area contributed by atoms with E-state index in [0.717, 1.165) is 6.08 Å². The molecule has 1 N–H and O–H groups in total. The van der Waals surface area contributed by atoms with Crippen LogP contribution >= 0.6 is 0 Å². The normalized spacial score (nSPS) is 11.6. The molecule has 0 unspecified atom stereocenters. The second kappa shape index (κ2) is 5.24. The Labute approximate surface area is 81.8 Å². The van der Waals surface area contributed by atoms with E-state index in [1.54, 1.807) is 12.1 Å². The Morgan fingerprint density at radius 2 is 2.50 bits per heavy atom. The van der Waals surface area contributed by atoms with Crippen molar-refractivity contribution in [3.8, 4) is 0 Å². The van der Waals surface area contributed by atoms with Gasteiger partial charge in [-0.05, 0) is 19.1 Å². The minimum Gasteiger partial charge on any atom is -0.478 e. The van der Waals surface area contributed by atoms with Gasteiger partial charge in [0.05, 0.1) is 12.9 Å². The number of aliphatic carboxylic acids is 1. The van der Waals surface area contributed by atoms with Crippen LogP contribution in [0.25, 0.3) is 5.57 Å². The molecule has 0 spiro atoms. The Kier molecular flexibility index (Phi) is 3.94. The van der Waals surface area contributed by atoms with Crippen molar-refractivity contribution < 1.29 is 19.1 Å². The predicted octanol–water partition coefficient (Wildman–Crippen LogP) is 1.78. The van der Waals surface area contributed by atoms with Gasteiger partial charge in [0.15, 0.2) is 0 Å². The zero-order valence-electron chi connectivity index (χ0n) is 7.90. The maximum absolute atomic E-state index is 10.5. The zero-order chi connectivity index (χ0) is 10.4. The maximum Gasteiger partial charge on any atom is 0.328 e. The molecule has 4 nitrogen and oxygen atoms in total. The molecule has 0 saturated heterocycles. The van der Waals surface area contributed by atoms with Crippen molar-refractivity contribution in [2.45, 2.75) is 6.92 Å². The van der Waals surface area contributed by atoms with Crippen LogP contribution in [0, 0.1) is 0 Å². The molecule has 1 aromatic heterocycles. The van der Waals surface area contributed by atoms with Crippen molar-refractivity contribution in [1.82, 2.24) is 0 Å². The molecular weight excluding hydrogens is 184 g/mol. The van der Waals surface area contributed by atoms with Crippen molar-refractivity contribution in [1.29, 1.82) is 0 Å². The SMILES string of the molecule is CCOC/C(=C\C(=O)O)c1ccco1. The van der Waals surface area contributed by atoms with Gasteiger partial charge < -0.3 is 14.3 Å². The second-order valence-corrected chi connectivity index (χ2v) is 2.62. The van der Waals surface area contributed by atoms with Gasteiger partial charge in [0, 0.05) is 18.3 Å². The van der Waals surface area contributed by atoms with Gasteiger partial charge in [0.25, 0.3) is 0 Å². The Hall–Kier alpha value is -1.55. The van der Waals surface area contributed by atoms with Gasteiger partial charge in [-0.2, -0.15) is 0 Å². The zero-order valence-corrected chi connectivity index (χ0v) is 7.90. The summed E-state index contributed by atoms with van der Waals surface area (Å²) in [6.45, 7) is 2.63. The van der Waals surface area contributed by atoms with Crippen molar-refractivity contribution in [2.75, 3.05) is 13.2 Å². The van der Waals surface area contributed by atoms with E-state index >= 15 is 0 Å². The maximum atomic E-state index is 10.5. The van der Waals surface area contributed by atoms with Crippen molar-refractivity contribution in [2.24, 2.45) is 0 Å². The highest BCUT2D eigenvalue weighted by molar-refractivity contribution is 5.89. The number of hydrogen-bond donors (Lipinski definition) is 1. The highest BCUT2D eigenvalue weighted by atomic mass is 16.5. The third-order valence-corrected chi connectivity index (χ3v) is 1.60. The number of furan rings is 1. The fraction of sp³-hybridized carbons (Fsp3) is 0.300. The van der Waals surface area contributed by atoms with Crippen LogP contribution in [0.1, 0.15) is 12.7 Å². The summed E-state index contributed by atoms with van der Waals surface area (Å²) in [4.78, 5) is 10.5. The number of ether oxygens (including phenoxy) is 1. The Balaban J connectivity index is 2.77. The van der Waals surface area contributed by atoms with Gasteiger partial charge in [0.1, 0.15) is 5.76 Å². The van der Waals surface area contributed by atoms with Gasteiger partial charge in [-0.3, -0.25) is 0 Å². The van der Waals surface area contributed by atoms with Crippen molar-refractivity contribution in [3.63, 3.8) is 0 Å². The van der Waals surface area contributed by atoms with E-state index in [1.165, 1.54) is 6.26 Å². The molecular formula is C10H12O4. The molecule has 0 aromatic carbocycles. The third kappa shape index (κ3) is 3.06. The Morgan fingerprint density at radius 3 is 3.00 bits per heavy atom. The first kappa shape index (κ1) is 10.5. The number of hydrogen-bond acceptors (Lipinski definition) is 3. The lowest BCUT2D eigenvalue weighted by Gasteiger charge is -2.02. The van der Waals surface area contributed by atoms with Gasteiger partial charge in [0.2, 0.25) is 0 Å². The fourth-order valence-corrected chi connectivity index (χ4v) is 1.01. The van der Waals surface area contributed by atoms with Crippen LogP contribution in [0.15, 0.2) is 28.9 Å². The van der Waals surface area contributed by atoms with Gasteiger partial charge in [-0.1, -0.05) is 0 Å². The highest BCUT2D eigenvalue weighted by Gasteiger charge is 2.06. The third-order valence-electron chi connectivity index (χ3n) is 1.60. The average Bonchev–Trinajstić information content (AvgIpc) is 2.64. The molecule has 4 heteroatoms. The van der Waals surface area contributed by atoms with E-state index in [9.17, 15) is 4.79 Å². The summed E-state index contributed by atoms with van der Waals surface area (Å²) >= 11 is 0. The molecule has 0 bridgehead atoms. The molecule has 0 aliphatic rings. The van der Waals surface area contributed by atoms with Gasteiger partial charge in [-0.15, -0.1) is 0 Å². The minimum atomic E-state index is -1.00. The van der Waals surface area contributed by atoms with Crippen LogP contribution in [-0.2, 0) is 9.53 Å². The first-order valence-corrected chi connectivity index (χ1v) is 4.29. The smallest absolute Gasteiger partial charge is 0.328 e. The quantitative estimate of drug-likeness (QED) is 0.729. The topological polar surface area (TPSA) is 59.7 Å². The Bertz CT molecular complexity index is 311. The van der Waals surface area contributed by atoms with Crippen LogP contribution in [0.5, 0.6) is 0 Å². The van der Waals surface area contributed by atoms with Crippen molar-refractivity contribution in [3.05, 3.63) is 30.2 Å². The second-order valence-electron chi connectivity index (χ2n) is 2.62. The Morgan fingerprint density at radius 1 is 1.71 bits per heavy atom. The van der Waals surface area contributed by atoms with Crippen LogP contribution in [0.2, 0.25) is 0 Å². The van der Waals surface area contributed by atoms with E-state index in [4.69, 9.17) is 14.3 Å². The monoisotopic (exact) mass is 196 g/mol. The lowest BCUT2D eigenvalue weighted by atomic mass is 10.2. The molecule has 1 heterocycles. The highest BCUT2D eigenvalue weighted by Crippen LogP contribution is 2.14. The molecule has 1 rings (SSSR count). The summed E-state index contributed by atoms with van der Waals surface area (Å²) in [6, 6.07) is 3.41. The molecule has 76 valence electrons. The van der Waals surface area contributed by atoms with Crippen LogP contribution < -0.4 is 0 Å². The summed E-state index contributed by atoms with van der Waals surface area (Å²) in [6.07, 6.45) is 2.59. The number of carboxylic acid groups (broad SMARTS) is 1. The molecule has 0 saturated carbocycles. The summed E-state index contributed by atoms with van der Waals surface area (Å²) in [5.74, 6) is -0.475. The average molecular weight is 196 g/mol. The summed E-state index contributed by atoms with van der Waals surface area (Å²) in [7, 11) is 0. The standard InChI is InChI=1S/C10H12O4/c1-2-13-7-8(6-10(11)12)9-4-3-5-14-9/h3-6H,2,7H2,1H3,(H,11,12)/b8-6+. The van der Waals surface area contributed by atoms with Crippen LogP contribution in [0.4, 0.5) is 0 Å². The summed E-state index contributed by atoms with van der Waals surface area (Å²) in [5.41, 5.74) is 0.532. The fourth-order valence-electron chi connectivity index (χ4n) is 1.01. The number of carbonyl (C=O) groups is 1. The van der Waals surface area contributed by atoms with E-state index in [1.807, 2.05) is 6.92 Å². The van der Waals surface area contributed by atoms with E-state index < -0.39 is 5.97 Å². The summed E-state index contributed by atoms with van der Waals surface area (Å²) in [5, 5.41) is 8.61. The van der Waals surface area contributed by atoms with Gasteiger partial charge in [-0.25, -0.2) is 4.79 Å². The lowest BCUT2D eigenvalue weighted by Crippen LogP contribution is -2.00. The molecule has 0 atom stereocenters. The lowest BCUT2D eigenvalue weighted by molar-refractivity contribution is -0.131. The molecule has 0 fully saturated rings. The number of rotatable bonds is 5. The molecule has 0 aliphatic carbocycles. The van der Waals surface area contributed by atoms with Crippen molar-refractivity contribution >= 4 is 11.5 Å². The molecule has 14 heavy (non-hydrogen) atoms. The van der Waals surface area contributed by atoms with Crippen LogP contribution in [-0.4, -0.2) is 24.3 Å². The van der Waals surface area contributed by atoms with Gasteiger partial charge >= 0.3 is 5.97 Å². The van der Waals surface area contributed by atoms with E-state index in [0.29, 0.717) is 17.9 Å².